The number of ether oxygens (including phenoxy) is 1. The van der Waals surface area contributed by atoms with Gasteiger partial charge in [-0.05, 0) is 55.3 Å². The Labute approximate surface area is 144 Å². The van der Waals surface area contributed by atoms with Crippen molar-refractivity contribution in [1.29, 1.82) is 0 Å². The van der Waals surface area contributed by atoms with Crippen molar-refractivity contribution in [3.8, 4) is 5.75 Å². The molecule has 1 aliphatic heterocycles. The molecule has 1 fully saturated rings. The first-order valence-corrected chi connectivity index (χ1v) is 8.21. The van der Waals surface area contributed by atoms with Crippen molar-refractivity contribution in [3.63, 3.8) is 0 Å². The third-order valence-electron chi connectivity index (χ3n) is 5.57. The predicted molar refractivity (Wildman–Crippen MR) is 96.9 cm³/mol. The predicted octanol–water partition coefficient (Wildman–Crippen LogP) is 4.44. The lowest BCUT2D eigenvalue weighted by molar-refractivity contribution is 0.265. The van der Waals surface area contributed by atoms with Crippen LogP contribution in [-0.2, 0) is 0 Å². The van der Waals surface area contributed by atoms with Crippen molar-refractivity contribution in [2.24, 2.45) is 0 Å². The van der Waals surface area contributed by atoms with Crippen LogP contribution in [0.1, 0.15) is 41.4 Å². The molecule has 1 aliphatic carbocycles. The number of likely N-dealkylation sites (N-methyl/N-ethyl adjacent to an activating group) is 1. The second-order valence-corrected chi connectivity index (χ2v) is 6.64. The smallest absolute Gasteiger partial charge is 0.119 e. The van der Waals surface area contributed by atoms with E-state index in [4.69, 9.17) is 4.74 Å². The topological polar surface area (TPSA) is 12.5 Å². The first-order chi connectivity index (χ1) is 10.8. The molecule has 0 bridgehead atoms. The molecule has 0 N–H and O–H groups in total. The van der Waals surface area contributed by atoms with Crippen LogP contribution in [0.5, 0.6) is 5.75 Å². The van der Waals surface area contributed by atoms with Crippen LogP contribution in [0.15, 0.2) is 48.5 Å². The molecular weight excluding hydrogens is 306 g/mol. The SMILES string of the molecule is COc1cccc([C@@H]2C[C@H]3[C@H](CCN3C)c3ccccc32)c1.Cl. The molecule has 2 aromatic rings. The fourth-order valence-corrected chi connectivity index (χ4v) is 4.42. The fraction of sp³-hybridized carbons (Fsp3) is 0.400. The molecular formula is C20H24ClNO. The molecule has 4 rings (SSSR count). The minimum atomic E-state index is 0. The third kappa shape index (κ3) is 2.75. The number of hydrogen-bond donors (Lipinski definition) is 0. The molecule has 3 atom stereocenters. The number of fused-ring (bicyclic) bond motifs is 3. The minimum Gasteiger partial charge on any atom is -0.497 e. The van der Waals surface area contributed by atoms with Gasteiger partial charge in [-0.2, -0.15) is 0 Å². The maximum Gasteiger partial charge on any atom is 0.119 e. The highest BCUT2D eigenvalue weighted by Crippen LogP contribution is 2.48. The van der Waals surface area contributed by atoms with Gasteiger partial charge in [-0.15, -0.1) is 12.4 Å². The lowest BCUT2D eigenvalue weighted by Gasteiger charge is -2.37. The van der Waals surface area contributed by atoms with Gasteiger partial charge in [-0.25, -0.2) is 0 Å². The molecule has 0 spiro atoms. The van der Waals surface area contributed by atoms with Gasteiger partial charge in [0.25, 0.3) is 0 Å². The Morgan fingerprint density at radius 2 is 1.83 bits per heavy atom. The van der Waals surface area contributed by atoms with E-state index in [1.807, 2.05) is 6.07 Å². The summed E-state index contributed by atoms with van der Waals surface area (Å²) in [6, 6.07) is 18.3. The van der Waals surface area contributed by atoms with Gasteiger partial charge in [-0.1, -0.05) is 36.4 Å². The molecule has 0 saturated carbocycles. The van der Waals surface area contributed by atoms with Crippen LogP contribution in [0.2, 0.25) is 0 Å². The Kier molecular flexibility index (Phi) is 4.65. The Hall–Kier alpha value is -1.51. The highest BCUT2D eigenvalue weighted by atomic mass is 35.5. The summed E-state index contributed by atoms with van der Waals surface area (Å²) < 4.78 is 5.43. The number of nitrogens with zero attached hydrogens (tertiary/aromatic N) is 1. The molecule has 0 aromatic heterocycles. The molecule has 0 unspecified atom stereocenters. The average Bonchev–Trinajstić information content (AvgIpc) is 2.95. The van der Waals surface area contributed by atoms with Crippen LogP contribution in [-0.4, -0.2) is 31.6 Å². The van der Waals surface area contributed by atoms with Crippen molar-refractivity contribution < 1.29 is 4.74 Å². The van der Waals surface area contributed by atoms with Crippen LogP contribution >= 0.6 is 12.4 Å². The maximum atomic E-state index is 5.43. The number of methoxy groups -OCH3 is 1. The van der Waals surface area contributed by atoms with Gasteiger partial charge in [-0.3, -0.25) is 0 Å². The number of rotatable bonds is 2. The Balaban J connectivity index is 0.00000156. The quantitative estimate of drug-likeness (QED) is 0.807. The Morgan fingerprint density at radius 3 is 2.61 bits per heavy atom. The highest BCUT2D eigenvalue weighted by molar-refractivity contribution is 5.85. The average molecular weight is 330 g/mol. The Bertz CT molecular complexity index is 687. The third-order valence-corrected chi connectivity index (χ3v) is 5.57. The van der Waals surface area contributed by atoms with Crippen molar-refractivity contribution in [2.45, 2.75) is 30.7 Å². The molecule has 2 nitrogen and oxygen atoms in total. The first-order valence-electron chi connectivity index (χ1n) is 8.21. The van der Waals surface area contributed by atoms with Crippen LogP contribution < -0.4 is 4.74 Å². The van der Waals surface area contributed by atoms with Crippen molar-refractivity contribution in [3.05, 3.63) is 65.2 Å². The van der Waals surface area contributed by atoms with E-state index >= 15 is 0 Å². The molecule has 0 radical (unpaired) electrons. The molecule has 122 valence electrons. The van der Waals surface area contributed by atoms with E-state index in [1.165, 1.54) is 30.5 Å². The summed E-state index contributed by atoms with van der Waals surface area (Å²) in [5.74, 6) is 2.15. The van der Waals surface area contributed by atoms with E-state index in [-0.39, 0.29) is 12.4 Å². The highest BCUT2D eigenvalue weighted by Gasteiger charge is 2.40. The van der Waals surface area contributed by atoms with E-state index in [0.717, 1.165) is 5.75 Å². The van der Waals surface area contributed by atoms with E-state index < -0.39 is 0 Å². The van der Waals surface area contributed by atoms with E-state index in [9.17, 15) is 0 Å². The zero-order valence-corrected chi connectivity index (χ0v) is 14.6. The van der Waals surface area contributed by atoms with Crippen molar-refractivity contribution >= 4 is 12.4 Å². The zero-order valence-electron chi connectivity index (χ0n) is 13.7. The van der Waals surface area contributed by atoms with E-state index in [0.29, 0.717) is 17.9 Å². The second-order valence-electron chi connectivity index (χ2n) is 6.64. The van der Waals surface area contributed by atoms with Gasteiger partial charge in [0.2, 0.25) is 0 Å². The summed E-state index contributed by atoms with van der Waals surface area (Å²) in [6.07, 6.45) is 2.51. The molecule has 1 heterocycles. The maximum absolute atomic E-state index is 5.43. The van der Waals surface area contributed by atoms with Crippen LogP contribution in [0.4, 0.5) is 0 Å². The van der Waals surface area contributed by atoms with E-state index in [2.05, 4.69) is 54.4 Å². The summed E-state index contributed by atoms with van der Waals surface area (Å²) in [6.45, 7) is 1.22. The summed E-state index contributed by atoms with van der Waals surface area (Å²) in [5.41, 5.74) is 4.47. The molecule has 0 amide bonds. The standard InChI is InChI=1S/C20H23NO.ClH/c1-21-11-10-18-16-8-3-4-9-17(16)19(13-20(18)21)14-6-5-7-15(12-14)22-2;/h3-9,12,18-20H,10-11,13H2,1-2H3;1H/t18-,19+,20+;/m1./s1. The van der Waals surface area contributed by atoms with Crippen LogP contribution in [0.3, 0.4) is 0 Å². The van der Waals surface area contributed by atoms with Gasteiger partial charge in [0.15, 0.2) is 0 Å². The van der Waals surface area contributed by atoms with Gasteiger partial charge in [0.1, 0.15) is 5.75 Å². The van der Waals surface area contributed by atoms with Gasteiger partial charge in [0.05, 0.1) is 7.11 Å². The first kappa shape index (κ1) is 16.4. The normalized spacial score (nSPS) is 26.1. The Morgan fingerprint density at radius 1 is 1.04 bits per heavy atom. The van der Waals surface area contributed by atoms with Gasteiger partial charge in [0, 0.05) is 17.9 Å². The second kappa shape index (κ2) is 6.54. The van der Waals surface area contributed by atoms with Crippen molar-refractivity contribution in [1.82, 2.24) is 4.90 Å². The molecule has 2 aliphatic rings. The summed E-state index contributed by atoms with van der Waals surface area (Å²) in [7, 11) is 4.02. The summed E-state index contributed by atoms with van der Waals surface area (Å²) in [4.78, 5) is 2.55. The number of hydrogen-bond acceptors (Lipinski definition) is 2. The van der Waals surface area contributed by atoms with E-state index in [1.54, 1.807) is 12.7 Å². The van der Waals surface area contributed by atoms with Crippen LogP contribution in [0.25, 0.3) is 0 Å². The molecule has 1 saturated heterocycles. The largest absolute Gasteiger partial charge is 0.497 e. The minimum absolute atomic E-state index is 0. The zero-order chi connectivity index (χ0) is 15.1. The lowest BCUT2D eigenvalue weighted by Crippen LogP contribution is -2.34. The fourth-order valence-electron chi connectivity index (χ4n) is 4.42. The molecule has 3 heteroatoms. The van der Waals surface area contributed by atoms with Crippen molar-refractivity contribution in [2.75, 3.05) is 20.7 Å². The molecule has 23 heavy (non-hydrogen) atoms. The number of benzene rings is 2. The monoisotopic (exact) mass is 329 g/mol. The lowest BCUT2D eigenvalue weighted by atomic mass is 9.71. The molecule has 2 aromatic carbocycles. The van der Waals surface area contributed by atoms with Gasteiger partial charge < -0.3 is 9.64 Å². The van der Waals surface area contributed by atoms with Crippen LogP contribution in [0, 0.1) is 0 Å². The number of likely N-dealkylation sites (tertiary alicyclic amines) is 1. The van der Waals surface area contributed by atoms with Gasteiger partial charge >= 0.3 is 0 Å². The summed E-state index contributed by atoms with van der Waals surface area (Å²) in [5, 5.41) is 0. The number of halogens is 1. The summed E-state index contributed by atoms with van der Waals surface area (Å²) >= 11 is 0.